The number of hydrogen-bond acceptors (Lipinski definition) is 6. The van der Waals surface area contributed by atoms with E-state index < -0.39 is 24.4 Å². The predicted octanol–water partition coefficient (Wildman–Crippen LogP) is 4.40. The number of esters is 1. The van der Waals surface area contributed by atoms with E-state index in [0.29, 0.717) is 27.8 Å². The highest BCUT2D eigenvalue weighted by atomic mass is 32.1. The molecule has 0 saturated heterocycles. The first-order valence-corrected chi connectivity index (χ1v) is 12.0. The summed E-state index contributed by atoms with van der Waals surface area (Å²) in [6, 6.07) is 20.8. The van der Waals surface area contributed by atoms with E-state index in [0.717, 1.165) is 28.8 Å². The maximum Gasteiger partial charge on any atom is 0.339 e. The molecule has 2 amide bonds. The van der Waals surface area contributed by atoms with Gasteiger partial charge in [0.2, 0.25) is 0 Å². The summed E-state index contributed by atoms with van der Waals surface area (Å²) in [5.41, 5.74) is 9.42. The number of thiophene rings is 1. The number of carbonyl (C=O) groups excluding carboxylic acids is 3. The molecule has 5 rings (SSSR count). The van der Waals surface area contributed by atoms with Crippen LogP contribution in [0.5, 0.6) is 0 Å². The number of allylic oxidation sites excluding steroid dienone is 1. The van der Waals surface area contributed by atoms with Crippen LogP contribution < -0.4 is 10.9 Å². The van der Waals surface area contributed by atoms with Crippen LogP contribution in [0.3, 0.4) is 0 Å². The number of nitrogens with zero attached hydrogens (tertiary/aromatic N) is 1. The molecule has 1 aliphatic rings. The number of amides is 2. The van der Waals surface area contributed by atoms with Crippen LogP contribution in [-0.4, -0.2) is 29.4 Å². The van der Waals surface area contributed by atoms with Crippen LogP contribution >= 0.6 is 11.3 Å². The Morgan fingerprint density at radius 2 is 1.74 bits per heavy atom. The predicted molar refractivity (Wildman–Crippen MR) is 135 cm³/mol. The van der Waals surface area contributed by atoms with Crippen LogP contribution in [0, 0.1) is 0 Å². The molecule has 4 aromatic rings. The first-order valence-electron chi connectivity index (χ1n) is 11.1. The van der Waals surface area contributed by atoms with E-state index in [1.54, 1.807) is 17.5 Å². The molecule has 2 N–H and O–H groups in total. The average Bonchev–Trinajstić information content (AvgIpc) is 3.56. The Hall–Kier alpha value is -4.30. The number of hydrogen-bond donors (Lipinski definition) is 2. The number of fused-ring (bicyclic) bond motifs is 2. The van der Waals surface area contributed by atoms with Crippen molar-refractivity contribution in [2.45, 2.75) is 12.8 Å². The minimum Gasteiger partial charge on any atom is -0.452 e. The van der Waals surface area contributed by atoms with Crippen molar-refractivity contribution in [1.82, 2.24) is 15.8 Å². The molecule has 7 nitrogen and oxygen atoms in total. The van der Waals surface area contributed by atoms with Crippen molar-refractivity contribution in [3.63, 3.8) is 0 Å². The fourth-order valence-electron chi connectivity index (χ4n) is 4.10. The Bertz CT molecular complexity index is 1450. The van der Waals surface area contributed by atoms with Crippen LogP contribution in [0.4, 0.5) is 0 Å². The normalized spacial score (nSPS) is 13.4. The van der Waals surface area contributed by atoms with Crippen molar-refractivity contribution >= 4 is 51.7 Å². The highest BCUT2D eigenvalue weighted by Crippen LogP contribution is 2.37. The smallest absolute Gasteiger partial charge is 0.339 e. The molecule has 0 saturated carbocycles. The number of nitrogens with one attached hydrogen (secondary N) is 2. The Labute approximate surface area is 205 Å². The van der Waals surface area contributed by atoms with Crippen molar-refractivity contribution in [2.75, 3.05) is 6.61 Å². The summed E-state index contributed by atoms with van der Waals surface area (Å²) in [6.07, 6.45) is 3.49. The molecule has 0 fully saturated rings. The van der Waals surface area contributed by atoms with E-state index in [9.17, 15) is 14.4 Å². The van der Waals surface area contributed by atoms with E-state index >= 15 is 0 Å². The summed E-state index contributed by atoms with van der Waals surface area (Å²) in [6.45, 7) is -0.526. The molecule has 2 heterocycles. The molecule has 0 atom stereocenters. The quantitative estimate of drug-likeness (QED) is 0.324. The molecule has 8 heteroatoms. The van der Waals surface area contributed by atoms with Gasteiger partial charge in [-0.25, -0.2) is 9.78 Å². The number of ether oxygens (including phenoxy) is 1. The van der Waals surface area contributed by atoms with E-state index in [1.807, 2.05) is 54.6 Å². The van der Waals surface area contributed by atoms with Crippen molar-refractivity contribution < 1.29 is 19.1 Å². The molecule has 0 radical (unpaired) electrons. The molecule has 2 aromatic heterocycles. The summed E-state index contributed by atoms with van der Waals surface area (Å²) in [5.74, 6) is -1.67. The van der Waals surface area contributed by atoms with E-state index in [1.165, 1.54) is 11.3 Å². The van der Waals surface area contributed by atoms with Crippen molar-refractivity contribution in [3.05, 3.63) is 99.4 Å². The van der Waals surface area contributed by atoms with Gasteiger partial charge < -0.3 is 4.74 Å². The lowest BCUT2D eigenvalue weighted by Crippen LogP contribution is -2.43. The number of rotatable bonds is 5. The summed E-state index contributed by atoms with van der Waals surface area (Å²) in [5, 5.41) is 2.44. The van der Waals surface area contributed by atoms with Gasteiger partial charge in [0.05, 0.1) is 21.7 Å². The fourth-order valence-corrected chi connectivity index (χ4v) is 4.72. The zero-order chi connectivity index (χ0) is 24.2. The Kier molecular flexibility index (Phi) is 6.36. The number of carbonyl (C=O) groups is 3. The van der Waals surface area contributed by atoms with Crippen LogP contribution in [0.2, 0.25) is 0 Å². The lowest BCUT2D eigenvalue weighted by atomic mass is 10.0. The molecule has 0 unspecified atom stereocenters. The number of hydrazine groups is 1. The van der Waals surface area contributed by atoms with Gasteiger partial charge in [-0.1, -0.05) is 54.6 Å². The zero-order valence-corrected chi connectivity index (χ0v) is 19.4. The lowest BCUT2D eigenvalue weighted by molar-refractivity contribution is -0.125. The fraction of sp³-hybridized carbons (Fsp3) is 0.111. The summed E-state index contributed by atoms with van der Waals surface area (Å²) in [7, 11) is 0. The number of para-hydroxylation sites is 1. The first-order chi connectivity index (χ1) is 17.1. The molecule has 0 aliphatic heterocycles. The molecule has 174 valence electrons. The van der Waals surface area contributed by atoms with Crippen molar-refractivity contribution in [2.24, 2.45) is 0 Å². The van der Waals surface area contributed by atoms with E-state index in [4.69, 9.17) is 9.72 Å². The average molecular weight is 484 g/mol. The Morgan fingerprint density at radius 3 is 2.54 bits per heavy atom. The maximum absolute atomic E-state index is 13.2. The highest BCUT2D eigenvalue weighted by Gasteiger charge is 2.28. The van der Waals surface area contributed by atoms with Gasteiger partial charge in [-0.15, -0.1) is 11.3 Å². The van der Waals surface area contributed by atoms with Crippen LogP contribution in [0.25, 0.3) is 22.6 Å². The van der Waals surface area contributed by atoms with Crippen LogP contribution in [0.1, 0.15) is 43.3 Å². The lowest BCUT2D eigenvalue weighted by Gasteiger charge is -2.12. The molecule has 0 bridgehead atoms. The molecular weight excluding hydrogens is 462 g/mol. The third-order valence-corrected chi connectivity index (χ3v) is 6.55. The second kappa shape index (κ2) is 9.90. The molecule has 0 spiro atoms. The van der Waals surface area contributed by atoms with Gasteiger partial charge >= 0.3 is 5.97 Å². The Balaban J connectivity index is 1.36. The van der Waals surface area contributed by atoms with Crippen LogP contribution in [0.15, 0.2) is 72.1 Å². The monoisotopic (exact) mass is 483 g/mol. The first kappa shape index (κ1) is 22.5. The van der Waals surface area contributed by atoms with Gasteiger partial charge in [-0.3, -0.25) is 20.4 Å². The molecule has 1 aliphatic carbocycles. The molecular formula is C27H21N3O4S. The van der Waals surface area contributed by atoms with Gasteiger partial charge in [0.1, 0.15) is 0 Å². The van der Waals surface area contributed by atoms with E-state index in [-0.39, 0.29) is 0 Å². The highest BCUT2D eigenvalue weighted by molar-refractivity contribution is 7.12. The second-order valence-electron chi connectivity index (χ2n) is 7.97. The second-order valence-corrected chi connectivity index (χ2v) is 8.91. The Morgan fingerprint density at radius 1 is 0.943 bits per heavy atom. The minimum absolute atomic E-state index is 0.428. The summed E-state index contributed by atoms with van der Waals surface area (Å²) < 4.78 is 5.35. The number of pyridine rings is 1. The van der Waals surface area contributed by atoms with Crippen molar-refractivity contribution in [3.8, 4) is 0 Å². The van der Waals surface area contributed by atoms with Crippen LogP contribution in [-0.2, 0) is 16.0 Å². The summed E-state index contributed by atoms with van der Waals surface area (Å²) in [4.78, 5) is 42.6. The largest absolute Gasteiger partial charge is 0.452 e. The van der Waals surface area contributed by atoms with Gasteiger partial charge in [-0.2, -0.15) is 0 Å². The van der Waals surface area contributed by atoms with Gasteiger partial charge in [0.15, 0.2) is 6.61 Å². The molecule has 35 heavy (non-hydrogen) atoms. The minimum atomic E-state index is -0.636. The molecule has 2 aromatic carbocycles. The third-order valence-electron chi connectivity index (χ3n) is 5.68. The van der Waals surface area contributed by atoms with E-state index in [2.05, 4.69) is 16.9 Å². The maximum atomic E-state index is 13.2. The zero-order valence-electron chi connectivity index (χ0n) is 18.6. The standard InChI is InChI=1S/C27H21N3O4S/c31-23(29-30-26(32)22-11-6-14-35-22)16-34-27(33)24-19-9-4-5-10-21(19)28-25-18(12-13-20(24)25)15-17-7-2-1-3-8-17/h1-11,14-15H,12-13,16H2,(H,29,31)(H,30,32)/b18-15+. The van der Waals surface area contributed by atoms with Gasteiger partial charge in [0.25, 0.3) is 11.8 Å². The third kappa shape index (κ3) is 4.83. The number of aromatic nitrogens is 1. The van der Waals surface area contributed by atoms with Gasteiger partial charge in [-0.05, 0) is 53.1 Å². The number of benzene rings is 2. The summed E-state index contributed by atoms with van der Waals surface area (Å²) >= 11 is 1.25. The topological polar surface area (TPSA) is 97.4 Å². The van der Waals surface area contributed by atoms with Crippen molar-refractivity contribution in [1.29, 1.82) is 0 Å². The SMILES string of the molecule is O=C(COC(=O)c1c2c(nc3ccccc13)/C(=C/c1ccccc1)CC2)NNC(=O)c1cccs1. The van der Waals surface area contributed by atoms with Gasteiger partial charge in [0, 0.05) is 5.39 Å².